The lowest BCUT2D eigenvalue weighted by Gasteiger charge is -2.09. The van der Waals surface area contributed by atoms with Crippen LogP contribution in [0.3, 0.4) is 0 Å². The van der Waals surface area contributed by atoms with Gasteiger partial charge in [-0.2, -0.15) is 0 Å². The van der Waals surface area contributed by atoms with E-state index in [0.717, 1.165) is 32.5 Å². The molecule has 4 rings (SSSR count). The van der Waals surface area contributed by atoms with Gasteiger partial charge >= 0.3 is 0 Å². The average Bonchev–Trinajstić information content (AvgIpc) is 3.15. The molecule has 0 radical (unpaired) electrons. The summed E-state index contributed by atoms with van der Waals surface area (Å²) in [4.78, 5) is 8.14. The van der Waals surface area contributed by atoms with Gasteiger partial charge < -0.3 is 4.98 Å². The molecule has 0 aliphatic rings. The maximum Gasteiger partial charge on any atom is 0.240 e. The summed E-state index contributed by atoms with van der Waals surface area (Å²) in [5, 5.41) is 0. The number of aromatic amines is 1. The largest absolute Gasteiger partial charge is 0.338 e. The zero-order valence-electron chi connectivity index (χ0n) is 15.6. The normalized spacial score (nSPS) is 12.1. The Hall–Kier alpha value is -2.74. The third-order valence-electron chi connectivity index (χ3n) is 4.56. The van der Waals surface area contributed by atoms with Crippen LogP contribution in [-0.4, -0.2) is 25.4 Å². The Bertz CT molecular complexity index is 1310. The highest BCUT2D eigenvalue weighted by molar-refractivity contribution is 9.10. The van der Waals surface area contributed by atoms with Gasteiger partial charge in [0.05, 0.1) is 15.9 Å². The van der Waals surface area contributed by atoms with Crippen LogP contribution in [0.1, 0.15) is 11.4 Å². The molecule has 0 aliphatic heterocycles. The summed E-state index contributed by atoms with van der Waals surface area (Å²) in [6.45, 7) is 0. The van der Waals surface area contributed by atoms with E-state index in [4.69, 9.17) is 0 Å². The Morgan fingerprint density at radius 3 is 2.52 bits per heavy atom. The van der Waals surface area contributed by atoms with Crippen LogP contribution < -0.4 is 4.72 Å². The molecule has 1 aromatic heterocycles. The molecule has 0 fully saturated rings. The minimum Gasteiger partial charge on any atom is -0.338 e. The summed E-state index contributed by atoms with van der Waals surface area (Å²) in [5.41, 5.74) is 4.16. The van der Waals surface area contributed by atoms with Crippen LogP contribution in [0.2, 0.25) is 0 Å². The van der Waals surface area contributed by atoms with Gasteiger partial charge in [0.15, 0.2) is 0 Å². The molecule has 0 atom stereocenters. The third-order valence-corrected chi connectivity index (χ3v) is 6.56. The second-order valence-electron chi connectivity index (χ2n) is 6.44. The number of H-pyrrole nitrogens is 1. The molecule has 5 nitrogen and oxygen atoms in total. The lowest BCUT2D eigenvalue weighted by atomic mass is 10.1. The number of sulfonamides is 1. The van der Waals surface area contributed by atoms with Crippen molar-refractivity contribution in [2.75, 3.05) is 7.05 Å². The van der Waals surface area contributed by atoms with Gasteiger partial charge in [-0.25, -0.2) is 18.1 Å². The van der Waals surface area contributed by atoms with Gasteiger partial charge in [0, 0.05) is 10.0 Å². The van der Waals surface area contributed by atoms with Crippen LogP contribution in [0.4, 0.5) is 0 Å². The predicted octanol–water partition coefficient (Wildman–Crippen LogP) is 5.07. The molecule has 0 saturated carbocycles. The van der Waals surface area contributed by atoms with Gasteiger partial charge in [-0.15, -0.1) is 0 Å². The third kappa shape index (κ3) is 4.17. The summed E-state index contributed by atoms with van der Waals surface area (Å²) in [6.07, 6.45) is 3.90. The molecule has 0 unspecified atom stereocenters. The molecule has 0 amide bonds. The highest BCUT2D eigenvalue weighted by Crippen LogP contribution is 2.29. The summed E-state index contributed by atoms with van der Waals surface area (Å²) in [6, 6.07) is 20.6. The predicted molar refractivity (Wildman–Crippen MR) is 121 cm³/mol. The molecule has 0 bridgehead atoms. The van der Waals surface area contributed by atoms with Crippen molar-refractivity contribution in [2.45, 2.75) is 4.90 Å². The van der Waals surface area contributed by atoms with Crippen molar-refractivity contribution in [3.05, 3.63) is 82.6 Å². The van der Waals surface area contributed by atoms with Crippen molar-refractivity contribution in [2.24, 2.45) is 0 Å². The van der Waals surface area contributed by atoms with Crippen molar-refractivity contribution >= 4 is 49.1 Å². The first-order chi connectivity index (χ1) is 14.0. The lowest BCUT2D eigenvalue weighted by Crippen LogP contribution is -2.19. The molecular weight excluding hydrogens is 450 g/mol. The number of hydrogen-bond donors (Lipinski definition) is 2. The van der Waals surface area contributed by atoms with Gasteiger partial charge in [0.25, 0.3) is 0 Å². The van der Waals surface area contributed by atoms with Gasteiger partial charge in [-0.05, 0) is 54.6 Å². The zero-order valence-corrected chi connectivity index (χ0v) is 18.0. The fourth-order valence-electron chi connectivity index (χ4n) is 3.07. The number of aromatic nitrogens is 2. The first kappa shape index (κ1) is 19.6. The quantitative estimate of drug-likeness (QED) is 0.430. The SMILES string of the molecule is CNS(=O)(=O)c1ccccc1-c1ccc2[nH]c(/C=C/c3ccc(Br)cc3)nc2c1. The highest BCUT2D eigenvalue weighted by Gasteiger charge is 2.17. The monoisotopic (exact) mass is 467 g/mol. The number of benzene rings is 3. The van der Waals surface area contributed by atoms with E-state index in [1.165, 1.54) is 7.05 Å². The first-order valence-electron chi connectivity index (χ1n) is 8.93. The van der Waals surface area contributed by atoms with Crippen molar-refractivity contribution in [1.82, 2.24) is 14.7 Å². The number of nitrogens with zero attached hydrogens (tertiary/aromatic N) is 1. The van der Waals surface area contributed by atoms with Crippen LogP contribution in [-0.2, 0) is 10.0 Å². The van der Waals surface area contributed by atoms with Crippen LogP contribution in [0.25, 0.3) is 34.3 Å². The van der Waals surface area contributed by atoms with Crippen molar-refractivity contribution in [3.8, 4) is 11.1 Å². The number of halogens is 1. The van der Waals surface area contributed by atoms with Crippen LogP contribution in [0.5, 0.6) is 0 Å². The van der Waals surface area contributed by atoms with E-state index in [9.17, 15) is 8.42 Å². The molecule has 7 heteroatoms. The molecule has 0 aliphatic carbocycles. The lowest BCUT2D eigenvalue weighted by molar-refractivity contribution is 0.588. The van der Waals surface area contributed by atoms with Crippen molar-refractivity contribution < 1.29 is 8.42 Å². The van der Waals surface area contributed by atoms with E-state index in [1.807, 2.05) is 60.7 Å². The van der Waals surface area contributed by atoms with Gasteiger partial charge in [0.1, 0.15) is 5.82 Å². The molecule has 2 N–H and O–H groups in total. The molecule has 3 aromatic carbocycles. The van der Waals surface area contributed by atoms with E-state index in [0.29, 0.717) is 5.56 Å². The number of imidazole rings is 1. The number of rotatable bonds is 5. The number of fused-ring (bicyclic) bond motifs is 1. The van der Waals surface area contributed by atoms with E-state index in [1.54, 1.807) is 18.2 Å². The first-order valence-corrected chi connectivity index (χ1v) is 11.2. The van der Waals surface area contributed by atoms with Crippen LogP contribution >= 0.6 is 15.9 Å². The Morgan fingerprint density at radius 2 is 1.76 bits per heavy atom. The molecule has 4 aromatic rings. The number of nitrogens with one attached hydrogen (secondary N) is 2. The van der Waals surface area contributed by atoms with Crippen molar-refractivity contribution in [1.29, 1.82) is 0 Å². The Morgan fingerprint density at radius 1 is 1.00 bits per heavy atom. The van der Waals surface area contributed by atoms with Gasteiger partial charge in [0.2, 0.25) is 10.0 Å². The average molecular weight is 468 g/mol. The molecular formula is C22H18BrN3O2S. The molecule has 29 heavy (non-hydrogen) atoms. The topological polar surface area (TPSA) is 74.8 Å². The van der Waals surface area contributed by atoms with Crippen LogP contribution in [0.15, 0.2) is 76.1 Å². The van der Waals surface area contributed by atoms with Crippen LogP contribution in [0, 0.1) is 0 Å². The molecule has 0 spiro atoms. The summed E-state index contributed by atoms with van der Waals surface area (Å²) >= 11 is 3.43. The van der Waals surface area contributed by atoms with E-state index >= 15 is 0 Å². The molecule has 0 saturated heterocycles. The summed E-state index contributed by atoms with van der Waals surface area (Å²) in [7, 11) is -2.15. The van der Waals surface area contributed by atoms with Gasteiger partial charge in [-0.1, -0.05) is 58.4 Å². The molecule has 146 valence electrons. The zero-order chi connectivity index (χ0) is 20.4. The van der Waals surface area contributed by atoms with E-state index in [-0.39, 0.29) is 4.90 Å². The smallest absolute Gasteiger partial charge is 0.240 e. The summed E-state index contributed by atoms with van der Waals surface area (Å²) in [5.74, 6) is 0.733. The molecule has 1 heterocycles. The Balaban J connectivity index is 1.71. The number of hydrogen-bond acceptors (Lipinski definition) is 3. The standard InChI is InChI=1S/C22H18BrN3O2S/c1-24-29(27,28)21-5-3-2-4-18(21)16-9-12-19-20(14-16)26-22(25-19)13-8-15-6-10-17(23)11-7-15/h2-14,24H,1H3,(H,25,26)/b13-8+. The minimum absolute atomic E-state index is 0.243. The maximum atomic E-state index is 12.4. The second kappa shape index (κ2) is 7.94. The Labute approximate surface area is 177 Å². The van der Waals surface area contributed by atoms with Crippen molar-refractivity contribution in [3.63, 3.8) is 0 Å². The Kier molecular flexibility index (Phi) is 5.36. The van der Waals surface area contributed by atoms with E-state index in [2.05, 4.69) is 30.6 Å². The highest BCUT2D eigenvalue weighted by atomic mass is 79.9. The van der Waals surface area contributed by atoms with Gasteiger partial charge in [-0.3, -0.25) is 0 Å². The second-order valence-corrected chi connectivity index (χ2v) is 9.21. The minimum atomic E-state index is -3.56. The maximum absolute atomic E-state index is 12.4. The van der Waals surface area contributed by atoms with E-state index < -0.39 is 10.0 Å². The fourth-order valence-corrected chi connectivity index (χ4v) is 4.29. The fraction of sp³-hybridized carbons (Fsp3) is 0.0455. The summed E-state index contributed by atoms with van der Waals surface area (Å²) < 4.78 is 28.1.